The van der Waals surface area contributed by atoms with Crippen LogP contribution in [-0.4, -0.2) is 10.1 Å². The van der Waals surface area contributed by atoms with Crippen LogP contribution in [0, 0.1) is 0 Å². The Hall–Kier alpha value is -0.800. The van der Waals surface area contributed by atoms with E-state index in [1.54, 1.807) is 13.0 Å². The largest absolute Gasteiger partial charge is 0.385 e. The lowest BCUT2D eigenvalue weighted by atomic mass is 9.90. The van der Waals surface area contributed by atoms with Crippen LogP contribution in [0.3, 0.4) is 0 Å². The molecule has 16 heavy (non-hydrogen) atoms. The fraction of sp³-hybridized carbons (Fsp3) is 0.583. The van der Waals surface area contributed by atoms with Crippen molar-refractivity contribution in [1.29, 1.82) is 0 Å². The first-order valence-electron chi connectivity index (χ1n) is 5.61. The molecule has 0 aliphatic heterocycles. The van der Waals surface area contributed by atoms with Crippen molar-refractivity contribution < 1.29 is 5.11 Å². The van der Waals surface area contributed by atoms with Crippen LogP contribution < -0.4 is 5.73 Å². The molecule has 1 heterocycles. The number of nitrogens with two attached hydrogens (primary N) is 1. The number of hydrogen-bond donors (Lipinski definition) is 2. The second-order valence-electron chi connectivity index (χ2n) is 4.32. The molecule has 0 saturated heterocycles. The van der Waals surface area contributed by atoms with Crippen LogP contribution in [0.5, 0.6) is 0 Å². The second-order valence-corrected chi connectivity index (χ2v) is 4.75. The van der Waals surface area contributed by atoms with Crippen LogP contribution in [0.15, 0.2) is 12.3 Å². The fourth-order valence-corrected chi connectivity index (χ4v) is 1.89. The Morgan fingerprint density at radius 1 is 1.50 bits per heavy atom. The van der Waals surface area contributed by atoms with Crippen LogP contribution in [-0.2, 0) is 5.60 Å². The molecule has 0 radical (unpaired) electrons. The SMILES string of the molecule is CCCCCC(C)(O)c1cc(Cl)cnc1N. The molecule has 1 aromatic heterocycles. The third-order valence-electron chi connectivity index (χ3n) is 2.73. The van der Waals surface area contributed by atoms with Gasteiger partial charge in [0.1, 0.15) is 5.82 Å². The predicted molar refractivity (Wildman–Crippen MR) is 67.4 cm³/mol. The van der Waals surface area contributed by atoms with Gasteiger partial charge in [0.05, 0.1) is 10.6 Å². The molecule has 3 N–H and O–H groups in total. The van der Waals surface area contributed by atoms with E-state index in [0.717, 1.165) is 19.3 Å². The first-order valence-corrected chi connectivity index (χ1v) is 5.99. The Morgan fingerprint density at radius 2 is 2.19 bits per heavy atom. The van der Waals surface area contributed by atoms with Crippen molar-refractivity contribution >= 4 is 17.4 Å². The Bertz CT molecular complexity index is 353. The van der Waals surface area contributed by atoms with Gasteiger partial charge in [0.15, 0.2) is 0 Å². The minimum Gasteiger partial charge on any atom is -0.385 e. The Morgan fingerprint density at radius 3 is 2.81 bits per heavy atom. The van der Waals surface area contributed by atoms with Crippen molar-refractivity contribution in [2.45, 2.75) is 45.1 Å². The van der Waals surface area contributed by atoms with E-state index in [1.165, 1.54) is 6.20 Å². The summed E-state index contributed by atoms with van der Waals surface area (Å²) < 4.78 is 0. The number of halogens is 1. The average molecular weight is 243 g/mol. The van der Waals surface area contributed by atoms with E-state index in [-0.39, 0.29) is 0 Å². The summed E-state index contributed by atoms with van der Waals surface area (Å²) in [4.78, 5) is 3.96. The zero-order chi connectivity index (χ0) is 12.2. The molecule has 0 aliphatic rings. The summed E-state index contributed by atoms with van der Waals surface area (Å²) >= 11 is 5.86. The standard InChI is InChI=1S/C12H19ClN2O/c1-3-4-5-6-12(2,16)10-7-9(13)8-15-11(10)14/h7-8,16H,3-6H2,1-2H3,(H2,14,15). The van der Waals surface area contributed by atoms with Crippen LogP contribution in [0.1, 0.15) is 45.1 Å². The maximum atomic E-state index is 10.3. The van der Waals surface area contributed by atoms with E-state index < -0.39 is 5.60 Å². The van der Waals surface area contributed by atoms with Crippen LogP contribution in [0.25, 0.3) is 0 Å². The molecule has 90 valence electrons. The normalized spacial score (nSPS) is 14.8. The number of unbranched alkanes of at least 4 members (excludes halogenated alkanes) is 2. The summed E-state index contributed by atoms with van der Waals surface area (Å²) in [5, 5.41) is 10.8. The van der Waals surface area contributed by atoms with Gasteiger partial charge in [-0.1, -0.05) is 37.8 Å². The molecule has 0 fully saturated rings. The molecular weight excluding hydrogens is 224 g/mol. The molecular formula is C12H19ClN2O. The van der Waals surface area contributed by atoms with E-state index in [1.807, 2.05) is 0 Å². The van der Waals surface area contributed by atoms with E-state index in [4.69, 9.17) is 17.3 Å². The van der Waals surface area contributed by atoms with Gasteiger partial charge in [-0.3, -0.25) is 0 Å². The van der Waals surface area contributed by atoms with E-state index >= 15 is 0 Å². The first kappa shape index (κ1) is 13.3. The van der Waals surface area contributed by atoms with Gasteiger partial charge in [0.2, 0.25) is 0 Å². The predicted octanol–water partition coefficient (Wildman–Crippen LogP) is 3.11. The molecule has 0 spiro atoms. The third-order valence-corrected chi connectivity index (χ3v) is 2.94. The maximum Gasteiger partial charge on any atom is 0.129 e. The molecule has 3 nitrogen and oxygen atoms in total. The van der Waals surface area contributed by atoms with E-state index in [9.17, 15) is 5.11 Å². The third kappa shape index (κ3) is 3.35. The second kappa shape index (κ2) is 5.51. The molecule has 4 heteroatoms. The Kier molecular flexibility index (Phi) is 4.56. The monoisotopic (exact) mass is 242 g/mol. The fourth-order valence-electron chi connectivity index (χ4n) is 1.74. The average Bonchev–Trinajstić information content (AvgIpc) is 2.22. The lowest BCUT2D eigenvalue weighted by molar-refractivity contribution is 0.0455. The number of hydrogen-bond acceptors (Lipinski definition) is 3. The van der Waals surface area contributed by atoms with Gasteiger partial charge < -0.3 is 10.8 Å². The minimum absolute atomic E-state index is 0.353. The molecule has 0 aliphatic carbocycles. The number of nitrogens with zero attached hydrogens (tertiary/aromatic N) is 1. The van der Waals surface area contributed by atoms with Crippen LogP contribution in [0.2, 0.25) is 5.02 Å². The van der Waals surface area contributed by atoms with Gasteiger partial charge in [0.25, 0.3) is 0 Å². The molecule has 1 aromatic rings. The smallest absolute Gasteiger partial charge is 0.129 e. The van der Waals surface area contributed by atoms with Gasteiger partial charge in [0, 0.05) is 11.8 Å². The molecule has 1 unspecified atom stereocenters. The van der Waals surface area contributed by atoms with E-state index in [0.29, 0.717) is 22.8 Å². The quantitative estimate of drug-likeness (QED) is 0.780. The molecule has 0 bridgehead atoms. The summed E-state index contributed by atoms with van der Waals surface area (Å²) in [7, 11) is 0. The number of anilines is 1. The van der Waals surface area contributed by atoms with Gasteiger partial charge >= 0.3 is 0 Å². The minimum atomic E-state index is -0.947. The van der Waals surface area contributed by atoms with Crippen molar-refractivity contribution in [3.63, 3.8) is 0 Å². The Balaban J connectivity index is 2.83. The van der Waals surface area contributed by atoms with Crippen molar-refractivity contribution in [3.8, 4) is 0 Å². The van der Waals surface area contributed by atoms with Gasteiger partial charge in [-0.25, -0.2) is 4.98 Å². The van der Waals surface area contributed by atoms with Crippen LogP contribution in [0.4, 0.5) is 5.82 Å². The number of pyridine rings is 1. The molecule has 0 aromatic carbocycles. The highest BCUT2D eigenvalue weighted by molar-refractivity contribution is 6.30. The van der Waals surface area contributed by atoms with Gasteiger partial charge in [-0.15, -0.1) is 0 Å². The van der Waals surface area contributed by atoms with Gasteiger partial charge in [-0.05, 0) is 19.4 Å². The molecule has 1 atom stereocenters. The van der Waals surface area contributed by atoms with Crippen molar-refractivity contribution in [2.24, 2.45) is 0 Å². The molecule has 0 saturated carbocycles. The van der Waals surface area contributed by atoms with Crippen molar-refractivity contribution in [2.75, 3.05) is 5.73 Å². The summed E-state index contributed by atoms with van der Waals surface area (Å²) in [6.07, 6.45) is 5.36. The number of aliphatic hydroxyl groups is 1. The van der Waals surface area contributed by atoms with Crippen LogP contribution >= 0.6 is 11.6 Å². The summed E-state index contributed by atoms with van der Waals surface area (Å²) in [6.45, 7) is 3.89. The molecule has 0 amide bonds. The number of rotatable bonds is 5. The lowest BCUT2D eigenvalue weighted by Crippen LogP contribution is -2.23. The number of aromatic nitrogens is 1. The maximum absolute atomic E-state index is 10.3. The van der Waals surface area contributed by atoms with Gasteiger partial charge in [-0.2, -0.15) is 0 Å². The highest BCUT2D eigenvalue weighted by atomic mass is 35.5. The summed E-state index contributed by atoms with van der Waals surface area (Å²) in [5.41, 5.74) is 5.42. The number of nitrogen functional groups attached to an aromatic ring is 1. The summed E-state index contributed by atoms with van der Waals surface area (Å²) in [5.74, 6) is 0.353. The zero-order valence-corrected chi connectivity index (χ0v) is 10.6. The highest BCUT2D eigenvalue weighted by Crippen LogP contribution is 2.31. The Labute approximate surface area is 102 Å². The topological polar surface area (TPSA) is 59.1 Å². The molecule has 1 rings (SSSR count). The van der Waals surface area contributed by atoms with Crippen molar-refractivity contribution in [1.82, 2.24) is 4.98 Å². The lowest BCUT2D eigenvalue weighted by Gasteiger charge is -2.24. The zero-order valence-electron chi connectivity index (χ0n) is 9.83. The first-order chi connectivity index (χ1) is 7.47. The van der Waals surface area contributed by atoms with E-state index in [2.05, 4.69) is 11.9 Å². The summed E-state index contributed by atoms with van der Waals surface area (Å²) in [6, 6.07) is 1.69. The van der Waals surface area contributed by atoms with Crippen molar-refractivity contribution in [3.05, 3.63) is 22.8 Å². The highest BCUT2D eigenvalue weighted by Gasteiger charge is 2.25.